The molecule has 0 unspecified atom stereocenters. The first-order valence-electron chi connectivity index (χ1n) is 9.93. The zero-order valence-electron chi connectivity index (χ0n) is 17.7. The highest BCUT2D eigenvalue weighted by molar-refractivity contribution is 8.00. The monoisotopic (exact) mass is 469 g/mol. The number of amides is 2. The van der Waals surface area contributed by atoms with Gasteiger partial charge in [-0.25, -0.2) is 4.98 Å². The number of thiazole rings is 1. The van der Waals surface area contributed by atoms with Crippen LogP contribution in [-0.4, -0.2) is 35.1 Å². The molecule has 0 saturated carbocycles. The SMILES string of the molecule is CCOC(=O)Cc1csc(NC(=O)CSc2cccc(NC(=O)c3cccc(C)c3)c2)n1. The molecule has 0 spiro atoms. The summed E-state index contributed by atoms with van der Waals surface area (Å²) in [6, 6.07) is 14.7. The zero-order chi connectivity index (χ0) is 22.9. The number of aryl methyl sites for hydroxylation is 1. The molecule has 9 heteroatoms. The van der Waals surface area contributed by atoms with Gasteiger partial charge in [-0.2, -0.15) is 0 Å². The first kappa shape index (κ1) is 23.5. The van der Waals surface area contributed by atoms with E-state index < -0.39 is 0 Å². The third-order valence-corrected chi connectivity index (χ3v) is 5.97. The van der Waals surface area contributed by atoms with Crippen molar-refractivity contribution >= 4 is 51.7 Å². The van der Waals surface area contributed by atoms with E-state index in [2.05, 4.69) is 15.6 Å². The molecule has 1 aromatic heterocycles. The Morgan fingerprint density at radius 2 is 1.91 bits per heavy atom. The number of esters is 1. The predicted molar refractivity (Wildman–Crippen MR) is 127 cm³/mol. The molecular weight excluding hydrogens is 446 g/mol. The summed E-state index contributed by atoms with van der Waals surface area (Å²) in [6.07, 6.45) is 0.0794. The average Bonchev–Trinajstić information content (AvgIpc) is 3.19. The number of nitrogens with zero attached hydrogens (tertiary/aromatic N) is 1. The fourth-order valence-electron chi connectivity index (χ4n) is 2.76. The molecule has 166 valence electrons. The molecule has 0 aliphatic carbocycles. The van der Waals surface area contributed by atoms with Crippen molar-refractivity contribution in [1.29, 1.82) is 0 Å². The number of benzene rings is 2. The van der Waals surface area contributed by atoms with Crippen molar-refractivity contribution in [2.45, 2.75) is 25.2 Å². The smallest absolute Gasteiger partial charge is 0.311 e. The molecule has 2 amide bonds. The van der Waals surface area contributed by atoms with Gasteiger partial charge in [0.05, 0.1) is 24.5 Å². The van der Waals surface area contributed by atoms with E-state index >= 15 is 0 Å². The van der Waals surface area contributed by atoms with Gasteiger partial charge in [-0.1, -0.05) is 23.8 Å². The van der Waals surface area contributed by atoms with Crippen molar-refractivity contribution in [2.75, 3.05) is 23.0 Å². The molecule has 2 N–H and O–H groups in total. The molecule has 0 atom stereocenters. The van der Waals surface area contributed by atoms with Crippen LogP contribution >= 0.6 is 23.1 Å². The van der Waals surface area contributed by atoms with Crippen LogP contribution < -0.4 is 10.6 Å². The fraction of sp³-hybridized carbons (Fsp3) is 0.217. The van der Waals surface area contributed by atoms with E-state index in [4.69, 9.17) is 4.74 Å². The van der Waals surface area contributed by atoms with Crippen LogP contribution in [0.5, 0.6) is 0 Å². The van der Waals surface area contributed by atoms with Gasteiger partial charge < -0.3 is 15.4 Å². The number of aromatic nitrogens is 1. The van der Waals surface area contributed by atoms with E-state index in [1.165, 1.54) is 23.1 Å². The van der Waals surface area contributed by atoms with E-state index in [0.29, 0.717) is 28.7 Å². The standard InChI is InChI=1S/C23H23N3O4S2/c1-3-30-21(28)12-18-13-32-23(25-18)26-20(27)14-31-19-9-5-8-17(11-19)24-22(29)16-7-4-6-15(2)10-16/h4-11,13H,3,12,14H2,1-2H3,(H,24,29)(H,25,26,27). The Bertz CT molecular complexity index is 1110. The number of carbonyl (C=O) groups is 3. The first-order chi connectivity index (χ1) is 15.4. The second-order valence-electron chi connectivity index (χ2n) is 6.81. The summed E-state index contributed by atoms with van der Waals surface area (Å²) in [6.45, 7) is 4.00. The number of ether oxygens (including phenoxy) is 1. The Morgan fingerprint density at radius 3 is 2.69 bits per heavy atom. The van der Waals surface area contributed by atoms with Gasteiger partial charge in [-0.3, -0.25) is 14.4 Å². The molecule has 0 aliphatic heterocycles. The van der Waals surface area contributed by atoms with Crippen molar-refractivity contribution in [2.24, 2.45) is 0 Å². The van der Waals surface area contributed by atoms with Crippen LogP contribution in [0.3, 0.4) is 0 Å². The number of anilines is 2. The highest BCUT2D eigenvalue weighted by atomic mass is 32.2. The van der Waals surface area contributed by atoms with Crippen LogP contribution in [0.25, 0.3) is 0 Å². The topological polar surface area (TPSA) is 97.4 Å². The lowest BCUT2D eigenvalue weighted by molar-refractivity contribution is -0.142. The Balaban J connectivity index is 1.50. The van der Waals surface area contributed by atoms with Gasteiger partial charge in [-0.05, 0) is 44.2 Å². The van der Waals surface area contributed by atoms with Gasteiger partial charge in [0.25, 0.3) is 5.91 Å². The van der Waals surface area contributed by atoms with Crippen molar-refractivity contribution in [1.82, 2.24) is 4.98 Å². The largest absolute Gasteiger partial charge is 0.466 e. The number of nitrogens with one attached hydrogen (secondary N) is 2. The number of hydrogen-bond acceptors (Lipinski definition) is 7. The number of rotatable bonds is 9. The summed E-state index contributed by atoms with van der Waals surface area (Å²) in [7, 11) is 0. The van der Waals surface area contributed by atoms with Crippen LogP contribution in [0.4, 0.5) is 10.8 Å². The third-order valence-electron chi connectivity index (χ3n) is 4.17. The maximum Gasteiger partial charge on any atom is 0.311 e. The summed E-state index contributed by atoms with van der Waals surface area (Å²) < 4.78 is 4.90. The summed E-state index contributed by atoms with van der Waals surface area (Å²) in [5.41, 5.74) is 2.83. The summed E-state index contributed by atoms with van der Waals surface area (Å²) >= 11 is 2.61. The van der Waals surface area contributed by atoms with Crippen LogP contribution in [-0.2, 0) is 20.7 Å². The maximum atomic E-state index is 12.4. The molecule has 0 bridgehead atoms. The summed E-state index contributed by atoms with van der Waals surface area (Å²) in [4.78, 5) is 41.3. The van der Waals surface area contributed by atoms with Crippen LogP contribution in [0.15, 0.2) is 58.8 Å². The molecule has 32 heavy (non-hydrogen) atoms. The second-order valence-corrected chi connectivity index (χ2v) is 8.72. The van der Waals surface area contributed by atoms with E-state index in [0.717, 1.165) is 10.5 Å². The molecule has 2 aromatic carbocycles. The van der Waals surface area contributed by atoms with Crippen LogP contribution in [0, 0.1) is 6.92 Å². The first-order valence-corrected chi connectivity index (χ1v) is 11.8. The maximum absolute atomic E-state index is 12.4. The molecule has 0 saturated heterocycles. The second kappa shape index (κ2) is 11.4. The minimum absolute atomic E-state index is 0.0794. The van der Waals surface area contributed by atoms with Gasteiger partial charge in [0.2, 0.25) is 5.91 Å². The fourth-order valence-corrected chi connectivity index (χ4v) is 4.24. The summed E-state index contributed by atoms with van der Waals surface area (Å²) in [5, 5.41) is 7.78. The van der Waals surface area contributed by atoms with Crippen molar-refractivity contribution < 1.29 is 19.1 Å². The lowest BCUT2D eigenvalue weighted by Gasteiger charge is -2.08. The van der Waals surface area contributed by atoms with Crippen LogP contribution in [0.2, 0.25) is 0 Å². The van der Waals surface area contributed by atoms with E-state index in [1.807, 2.05) is 43.3 Å². The minimum Gasteiger partial charge on any atom is -0.466 e. The Kier molecular flexibility index (Phi) is 8.41. The third kappa shape index (κ3) is 7.21. The van der Waals surface area contributed by atoms with Crippen molar-refractivity contribution in [3.05, 3.63) is 70.7 Å². The van der Waals surface area contributed by atoms with Gasteiger partial charge in [0, 0.05) is 21.5 Å². The highest BCUT2D eigenvalue weighted by Gasteiger charge is 2.11. The molecular formula is C23H23N3O4S2. The number of thioether (sulfide) groups is 1. The van der Waals surface area contributed by atoms with Crippen LogP contribution in [0.1, 0.15) is 28.5 Å². The molecule has 0 aliphatic rings. The Morgan fingerprint density at radius 1 is 1.09 bits per heavy atom. The van der Waals surface area contributed by atoms with E-state index in [1.54, 1.807) is 24.4 Å². The lowest BCUT2D eigenvalue weighted by atomic mass is 10.1. The quantitative estimate of drug-likeness (QED) is 0.353. The minimum atomic E-state index is -0.347. The molecule has 1 heterocycles. The van der Waals surface area contributed by atoms with E-state index in [-0.39, 0.29) is 30.0 Å². The lowest BCUT2D eigenvalue weighted by Crippen LogP contribution is -2.14. The predicted octanol–water partition coefficient (Wildman–Crippen LogP) is 4.54. The van der Waals surface area contributed by atoms with Crippen molar-refractivity contribution in [3.63, 3.8) is 0 Å². The zero-order valence-corrected chi connectivity index (χ0v) is 19.3. The normalized spacial score (nSPS) is 10.4. The average molecular weight is 470 g/mol. The summed E-state index contributed by atoms with van der Waals surface area (Å²) in [5.74, 6) is -0.556. The van der Waals surface area contributed by atoms with Crippen molar-refractivity contribution in [3.8, 4) is 0 Å². The van der Waals surface area contributed by atoms with Gasteiger partial charge in [0.1, 0.15) is 0 Å². The molecule has 7 nitrogen and oxygen atoms in total. The Hall–Kier alpha value is -3.17. The molecule has 3 aromatic rings. The molecule has 3 rings (SSSR count). The number of carbonyl (C=O) groups excluding carboxylic acids is 3. The van der Waals surface area contributed by atoms with Gasteiger partial charge >= 0.3 is 5.97 Å². The Labute approximate surface area is 194 Å². The van der Waals surface area contributed by atoms with Gasteiger partial charge in [0.15, 0.2) is 5.13 Å². The molecule has 0 radical (unpaired) electrons. The molecule has 0 fully saturated rings. The van der Waals surface area contributed by atoms with E-state index in [9.17, 15) is 14.4 Å². The van der Waals surface area contributed by atoms with Gasteiger partial charge in [-0.15, -0.1) is 23.1 Å². The highest BCUT2D eigenvalue weighted by Crippen LogP contribution is 2.23. The number of hydrogen-bond donors (Lipinski definition) is 2.